The van der Waals surface area contributed by atoms with Crippen LogP contribution < -0.4 is 24.8 Å². The van der Waals surface area contributed by atoms with Gasteiger partial charge < -0.3 is 24.8 Å². The topological polar surface area (TPSA) is 63.6 Å². The van der Waals surface area contributed by atoms with Crippen LogP contribution in [0.15, 0.2) is 24.3 Å². The molecule has 0 aliphatic rings. The molecule has 0 aliphatic heterocycles. The van der Waals surface area contributed by atoms with Crippen molar-refractivity contribution < 1.29 is 40.3 Å². The van der Waals surface area contributed by atoms with Gasteiger partial charge in [-0.2, -0.15) is 0 Å². The van der Waals surface area contributed by atoms with Crippen molar-refractivity contribution in [1.82, 2.24) is 0 Å². The number of hydrogen-bond donors (Lipinski definition) is 1. The zero-order chi connectivity index (χ0) is 8.97. The van der Waals surface area contributed by atoms with Crippen molar-refractivity contribution in [1.29, 1.82) is 0 Å². The molecule has 1 N–H and O–H groups in total. The number of benzene rings is 1. The first-order chi connectivity index (χ1) is 5.75. The fraction of sp³-hybridized carbons (Fsp3) is 0. The van der Waals surface area contributed by atoms with Gasteiger partial charge in [-0.25, -0.2) is 0 Å². The van der Waals surface area contributed by atoms with Crippen LogP contribution in [-0.2, 0) is 5.63 Å². The third-order valence-electron chi connectivity index (χ3n) is 1.24. The Bertz CT molecular complexity index is 324. The Hall–Kier alpha value is 1.01. The maximum absolute atomic E-state index is 10.9. The molecule has 15 heavy (non-hydrogen) atoms. The average molecular weight is 473 g/mol. The van der Waals surface area contributed by atoms with Crippen LogP contribution in [0.2, 0.25) is 0 Å². The van der Waals surface area contributed by atoms with E-state index in [1.807, 2.05) is 0 Å². The molecule has 0 radical (unpaired) electrons. The second kappa shape index (κ2) is 11.5. The minimum atomic E-state index is -2.32. The summed E-state index contributed by atoms with van der Waals surface area (Å²) in [6.45, 7) is 0. The molecule has 78 valence electrons. The van der Waals surface area contributed by atoms with Crippen LogP contribution in [0.1, 0.15) is 10.4 Å². The zero-order valence-electron chi connectivity index (χ0n) is 7.39. The van der Waals surface area contributed by atoms with Gasteiger partial charge >= 0.3 is 118 Å². The number of hydrogen-bond acceptors (Lipinski definition) is 4. The van der Waals surface area contributed by atoms with Crippen molar-refractivity contribution in [2.24, 2.45) is 0 Å². The van der Waals surface area contributed by atoms with E-state index in [0.717, 1.165) is 0 Å². The molecule has 1 aromatic rings. The summed E-state index contributed by atoms with van der Waals surface area (Å²) < 4.78 is 14.4. The van der Waals surface area contributed by atoms with Crippen molar-refractivity contribution >= 4 is 67.4 Å². The Morgan fingerprint density at radius 1 is 1.27 bits per heavy atom. The predicted octanol–water partition coefficient (Wildman–Crippen LogP) is -5.86. The van der Waals surface area contributed by atoms with Crippen LogP contribution in [0.25, 0.3) is 0 Å². The summed E-state index contributed by atoms with van der Waals surface area (Å²) >= 11 is -2.32. The van der Waals surface area contributed by atoms with Crippen molar-refractivity contribution in [2.75, 3.05) is 0 Å². The Morgan fingerprint density at radius 2 is 1.80 bits per heavy atom. The van der Waals surface area contributed by atoms with Crippen molar-refractivity contribution in [3.05, 3.63) is 29.8 Å². The number of aromatic hydroxyl groups is 1. The van der Waals surface area contributed by atoms with Gasteiger partial charge in [0.15, 0.2) is 0 Å². The van der Waals surface area contributed by atoms with Crippen LogP contribution in [0.5, 0.6) is 5.75 Å². The molecule has 0 amide bonds. The molecule has 0 saturated heterocycles. The van der Waals surface area contributed by atoms with Gasteiger partial charge in [0.1, 0.15) is 0 Å². The second-order valence-corrected chi connectivity index (χ2v) is 3.26. The van der Waals surface area contributed by atoms with E-state index in [1.54, 1.807) is 12.1 Å². The van der Waals surface area contributed by atoms with E-state index in [-0.39, 0.29) is 73.9 Å². The number of carbonyl (C=O) groups is 1. The monoisotopic (exact) mass is 472 g/mol. The number of para-hydroxylation sites is 1. The van der Waals surface area contributed by atoms with Crippen molar-refractivity contribution in [3.8, 4) is 5.75 Å². The van der Waals surface area contributed by atoms with Gasteiger partial charge in [-0.3, -0.25) is 0 Å². The quantitative estimate of drug-likeness (QED) is 0.436. The van der Waals surface area contributed by atoms with Crippen LogP contribution in [0, 0.1) is 0 Å². The van der Waals surface area contributed by atoms with Gasteiger partial charge in [0.05, 0.1) is 0 Å². The van der Waals surface area contributed by atoms with Crippen LogP contribution >= 0.6 is 0 Å². The summed E-state index contributed by atoms with van der Waals surface area (Å²) in [5, 5.41) is 9.12. The first-order valence-electron chi connectivity index (χ1n) is 3.07. The SMILES string of the molecule is [Ca+2].[Cl-].[Cl-].[O]=[Bi][O]C(=O)c1ccccc1O. The molecule has 0 saturated carbocycles. The third kappa shape index (κ3) is 7.03. The number of halogens is 2. The van der Waals surface area contributed by atoms with Gasteiger partial charge in [-0.15, -0.1) is 0 Å². The standard InChI is InChI=1S/C7H6O3.Bi.Ca.2ClH.O/c8-6-4-2-1-3-5(6)7(9)10;;;;;/h1-4,8H,(H,9,10);;;2*1H;/q;+1;+2;;;/p-3. The summed E-state index contributed by atoms with van der Waals surface area (Å²) in [6, 6.07) is 5.96. The fourth-order valence-electron chi connectivity index (χ4n) is 0.729. The summed E-state index contributed by atoms with van der Waals surface area (Å²) in [6.07, 6.45) is 0. The molecule has 1 rings (SSSR count). The minimum absolute atomic E-state index is 0. The molecule has 0 atom stereocenters. The zero-order valence-corrected chi connectivity index (χ0v) is 14.6. The van der Waals surface area contributed by atoms with Crippen LogP contribution in [-0.4, -0.2) is 72.5 Å². The maximum atomic E-state index is 10.9. The van der Waals surface area contributed by atoms with Crippen molar-refractivity contribution in [2.45, 2.75) is 0 Å². The molecule has 0 heterocycles. The van der Waals surface area contributed by atoms with E-state index in [4.69, 9.17) is 5.11 Å². The summed E-state index contributed by atoms with van der Waals surface area (Å²) in [5.41, 5.74) is 0.0529. The van der Waals surface area contributed by atoms with E-state index in [9.17, 15) is 7.61 Å². The molecule has 1 aromatic carbocycles. The summed E-state index contributed by atoms with van der Waals surface area (Å²) in [7, 11) is 0. The molecule has 0 fully saturated rings. The first-order valence-corrected chi connectivity index (χ1v) is 5.91. The van der Waals surface area contributed by atoms with Gasteiger partial charge in [0, 0.05) is 0 Å². The first kappa shape index (κ1) is 21.3. The second-order valence-electron chi connectivity index (χ2n) is 1.97. The molecular weight excluding hydrogens is 468 g/mol. The van der Waals surface area contributed by atoms with Crippen LogP contribution in [0.4, 0.5) is 0 Å². The number of carbonyl (C=O) groups excluding carboxylic acids is 1. The van der Waals surface area contributed by atoms with E-state index in [2.05, 4.69) is 2.81 Å². The Kier molecular flexibility index (Phi) is 16.3. The Labute approximate surface area is 141 Å². The molecule has 0 aliphatic carbocycles. The van der Waals surface area contributed by atoms with Gasteiger partial charge in [-0.1, -0.05) is 0 Å². The predicted molar refractivity (Wildman–Crippen MR) is 45.7 cm³/mol. The molecule has 0 bridgehead atoms. The fourth-order valence-corrected chi connectivity index (χ4v) is 1.37. The van der Waals surface area contributed by atoms with Gasteiger partial charge in [0.25, 0.3) is 0 Å². The van der Waals surface area contributed by atoms with Crippen molar-refractivity contribution in [3.63, 3.8) is 0 Å². The Morgan fingerprint density at radius 3 is 2.27 bits per heavy atom. The van der Waals surface area contributed by atoms with E-state index >= 15 is 0 Å². The molecular formula is C7H5BiCaCl2O4. The molecule has 8 heteroatoms. The molecule has 0 spiro atoms. The number of phenolic OH excluding ortho intramolecular Hbond substituents is 1. The van der Waals surface area contributed by atoms with E-state index < -0.39 is 29.6 Å². The van der Waals surface area contributed by atoms with Gasteiger partial charge in [0.2, 0.25) is 0 Å². The molecule has 4 nitrogen and oxygen atoms in total. The van der Waals surface area contributed by atoms with E-state index in [1.165, 1.54) is 12.1 Å². The number of rotatable bonds is 2. The summed E-state index contributed by atoms with van der Waals surface area (Å²) in [5.74, 6) is -0.878. The normalized spacial score (nSPS) is 7.20. The van der Waals surface area contributed by atoms with Gasteiger partial charge in [-0.05, 0) is 0 Å². The van der Waals surface area contributed by atoms with Crippen LogP contribution in [0.3, 0.4) is 0 Å². The third-order valence-corrected chi connectivity index (χ3v) is 2.18. The average Bonchev–Trinajstić information content (AvgIpc) is 2.05. The Balaban J connectivity index is -0.000000480. The summed E-state index contributed by atoms with van der Waals surface area (Å²) in [4.78, 5) is 10.9. The molecule has 0 aromatic heterocycles. The molecule has 0 unspecified atom stereocenters. The number of phenols is 1. The van der Waals surface area contributed by atoms with E-state index in [0.29, 0.717) is 0 Å².